The third-order valence-electron chi connectivity index (χ3n) is 3.98. The van der Waals surface area contributed by atoms with Gasteiger partial charge in [-0.2, -0.15) is 0 Å². The fourth-order valence-corrected chi connectivity index (χ4v) is 3.14. The van der Waals surface area contributed by atoms with Crippen molar-refractivity contribution in [1.29, 1.82) is 0 Å². The van der Waals surface area contributed by atoms with E-state index >= 15 is 0 Å². The van der Waals surface area contributed by atoms with E-state index in [9.17, 15) is 4.79 Å². The fourth-order valence-electron chi connectivity index (χ4n) is 3.14. The van der Waals surface area contributed by atoms with Crippen LogP contribution in [0, 0.1) is 0 Å². The first-order valence-electron chi connectivity index (χ1n) is 7.55. The molecule has 1 fully saturated rings. The summed E-state index contributed by atoms with van der Waals surface area (Å²) in [4.78, 5) is 14.4. The average Bonchev–Trinajstić information content (AvgIpc) is 2.36. The Hall–Kier alpha value is -0.650. The SMILES string of the molecule is CCNC(C)(CC(C)N1C[C@@H](C)O[C@@H](C)C1)C(=O)OC. The second-order valence-corrected chi connectivity index (χ2v) is 6.12. The molecular formula is C15H30N2O3. The molecule has 1 saturated heterocycles. The number of methoxy groups -OCH3 is 1. The fraction of sp³-hybridized carbons (Fsp3) is 0.933. The second kappa shape index (κ2) is 7.38. The molecule has 0 aromatic carbocycles. The number of rotatable bonds is 6. The summed E-state index contributed by atoms with van der Waals surface area (Å²) in [6, 6.07) is 0.298. The standard InChI is InChI=1S/C15H30N2O3/c1-7-16-15(5,14(18)19-6)8-11(2)17-9-12(3)20-13(4)10-17/h11-13,16H,7-10H2,1-6H3/t11?,12-,13+,15?. The van der Waals surface area contributed by atoms with Crippen molar-refractivity contribution in [1.82, 2.24) is 10.2 Å². The van der Waals surface area contributed by atoms with E-state index in [0.29, 0.717) is 6.04 Å². The molecule has 118 valence electrons. The van der Waals surface area contributed by atoms with Crippen LogP contribution in [0.3, 0.4) is 0 Å². The van der Waals surface area contributed by atoms with Crippen molar-refractivity contribution in [2.75, 3.05) is 26.7 Å². The molecule has 0 aromatic heterocycles. The minimum absolute atomic E-state index is 0.194. The van der Waals surface area contributed by atoms with Crippen molar-refractivity contribution < 1.29 is 14.3 Å². The van der Waals surface area contributed by atoms with Crippen LogP contribution in [0.5, 0.6) is 0 Å². The molecule has 1 heterocycles. The molecular weight excluding hydrogens is 256 g/mol. The van der Waals surface area contributed by atoms with Gasteiger partial charge in [0.25, 0.3) is 0 Å². The van der Waals surface area contributed by atoms with Crippen molar-refractivity contribution in [2.24, 2.45) is 0 Å². The van der Waals surface area contributed by atoms with Crippen LogP contribution in [0.2, 0.25) is 0 Å². The third-order valence-corrected chi connectivity index (χ3v) is 3.98. The summed E-state index contributed by atoms with van der Waals surface area (Å²) in [5.41, 5.74) is -0.631. The number of likely N-dealkylation sites (N-methyl/N-ethyl adjacent to an activating group) is 1. The van der Waals surface area contributed by atoms with Crippen LogP contribution in [0.15, 0.2) is 0 Å². The van der Waals surface area contributed by atoms with E-state index in [0.717, 1.165) is 26.1 Å². The van der Waals surface area contributed by atoms with Crippen LogP contribution in [0.1, 0.15) is 41.0 Å². The summed E-state index contributed by atoms with van der Waals surface area (Å²) in [5.74, 6) is -0.194. The molecule has 20 heavy (non-hydrogen) atoms. The van der Waals surface area contributed by atoms with Gasteiger partial charge in [-0.1, -0.05) is 6.92 Å². The number of ether oxygens (including phenoxy) is 2. The van der Waals surface area contributed by atoms with Gasteiger partial charge in [-0.05, 0) is 40.7 Å². The Morgan fingerprint density at radius 1 is 1.45 bits per heavy atom. The van der Waals surface area contributed by atoms with E-state index < -0.39 is 5.54 Å². The smallest absolute Gasteiger partial charge is 0.325 e. The lowest BCUT2D eigenvalue weighted by Crippen LogP contribution is -2.56. The number of nitrogens with zero attached hydrogens (tertiary/aromatic N) is 1. The van der Waals surface area contributed by atoms with Crippen molar-refractivity contribution in [3.8, 4) is 0 Å². The third kappa shape index (κ3) is 4.43. The lowest BCUT2D eigenvalue weighted by Gasteiger charge is -2.41. The van der Waals surface area contributed by atoms with Gasteiger partial charge < -0.3 is 14.8 Å². The van der Waals surface area contributed by atoms with Crippen molar-refractivity contribution in [2.45, 2.75) is 64.8 Å². The van der Waals surface area contributed by atoms with Crippen LogP contribution in [0.25, 0.3) is 0 Å². The Morgan fingerprint density at radius 3 is 2.45 bits per heavy atom. The maximum absolute atomic E-state index is 12.0. The van der Waals surface area contributed by atoms with Gasteiger partial charge in [0.1, 0.15) is 5.54 Å². The van der Waals surface area contributed by atoms with Crippen LogP contribution < -0.4 is 5.32 Å². The van der Waals surface area contributed by atoms with Gasteiger partial charge in [0.05, 0.1) is 19.3 Å². The van der Waals surface area contributed by atoms with Gasteiger partial charge in [0.2, 0.25) is 0 Å². The topological polar surface area (TPSA) is 50.8 Å². The molecule has 1 rings (SSSR count). The molecule has 0 radical (unpaired) electrons. The minimum atomic E-state index is -0.631. The van der Waals surface area contributed by atoms with Gasteiger partial charge in [0.15, 0.2) is 0 Å². The highest BCUT2D eigenvalue weighted by molar-refractivity contribution is 5.80. The normalized spacial score (nSPS) is 28.7. The summed E-state index contributed by atoms with van der Waals surface area (Å²) >= 11 is 0. The zero-order valence-electron chi connectivity index (χ0n) is 13.7. The van der Waals surface area contributed by atoms with Gasteiger partial charge in [0, 0.05) is 19.1 Å². The molecule has 1 aliphatic heterocycles. The number of carbonyl (C=O) groups is 1. The molecule has 5 nitrogen and oxygen atoms in total. The van der Waals surface area contributed by atoms with Crippen LogP contribution in [-0.2, 0) is 14.3 Å². The zero-order chi connectivity index (χ0) is 15.3. The number of morpholine rings is 1. The van der Waals surface area contributed by atoms with Crippen LogP contribution in [0.4, 0.5) is 0 Å². The number of carbonyl (C=O) groups excluding carboxylic acids is 1. The second-order valence-electron chi connectivity index (χ2n) is 6.12. The average molecular weight is 286 g/mol. The first kappa shape index (κ1) is 17.4. The van der Waals surface area contributed by atoms with E-state index in [1.54, 1.807) is 0 Å². The largest absolute Gasteiger partial charge is 0.468 e. The molecule has 1 aliphatic rings. The maximum Gasteiger partial charge on any atom is 0.325 e. The van der Waals surface area contributed by atoms with E-state index in [4.69, 9.17) is 9.47 Å². The molecule has 5 heteroatoms. The number of hydrogen-bond donors (Lipinski definition) is 1. The highest BCUT2D eigenvalue weighted by atomic mass is 16.5. The minimum Gasteiger partial charge on any atom is -0.468 e. The first-order chi connectivity index (χ1) is 9.32. The molecule has 0 saturated carbocycles. The van der Waals surface area contributed by atoms with Crippen molar-refractivity contribution >= 4 is 5.97 Å². The van der Waals surface area contributed by atoms with Crippen molar-refractivity contribution in [3.63, 3.8) is 0 Å². The monoisotopic (exact) mass is 286 g/mol. The maximum atomic E-state index is 12.0. The summed E-state index contributed by atoms with van der Waals surface area (Å²) in [6.07, 6.45) is 1.21. The van der Waals surface area contributed by atoms with Gasteiger partial charge in [-0.25, -0.2) is 0 Å². The van der Waals surface area contributed by atoms with Gasteiger partial charge >= 0.3 is 5.97 Å². The van der Waals surface area contributed by atoms with Crippen LogP contribution >= 0.6 is 0 Å². The van der Waals surface area contributed by atoms with Gasteiger partial charge in [-0.15, -0.1) is 0 Å². The lowest BCUT2D eigenvalue weighted by molar-refractivity contribution is -0.149. The number of nitrogens with one attached hydrogen (secondary N) is 1. The zero-order valence-corrected chi connectivity index (χ0v) is 13.7. The van der Waals surface area contributed by atoms with E-state index in [2.05, 4.69) is 31.0 Å². The highest BCUT2D eigenvalue weighted by Crippen LogP contribution is 2.21. The molecule has 0 amide bonds. The summed E-state index contributed by atoms with van der Waals surface area (Å²) in [7, 11) is 1.45. The Morgan fingerprint density at radius 2 is 2.00 bits per heavy atom. The lowest BCUT2D eigenvalue weighted by atomic mass is 9.92. The Kier molecular flexibility index (Phi) is 6.43. The van der Waals surface area contributed by atoms with E-state index in [1.165, 1.54) is 7.11 Å². The predicted octanol–water partition coefficient (Wildman–Crippen LogP) is 1.42. The highest BCUT2D eigenvalue weighted by Gasteiger charge is 2.37. The molecule has 0 bridgehead atoms. The Bertz CT molecular complexity index is 314. The van der Waals surface area contributed by atoms with E-state index in [-0.39, 0.29) is 18.2 Å². The summed E-state index contributed by atoms with van der Waals surface area (Å²) in [5, 5.41) is 3.27. The molecule has 4 atom stereocenters. The number of esters is 1. The number of hydrogen-bond acceptors (Lipinski definition) is 5. The molecule has 1 N–H and O–H groups in total. The Labute approximate surface area is 123 Å². The van der Waals surface area contributed by atoms with Crippen molar-refractivity contribution in [3.05, 3.63) is 0 Å². The Balaban J connectivity index is 2.70. The molecule has 2 unspecified atom stereocenters. The summed E-state index contributed by atoms with van der Waals surface area (Å²) < 4.78 is 10.7. The quantitative estimate of drug-likeness (QED) is 0.748. The molecule has 0 spiro atoms. The molecule has 0 aromatic rings. The van der Waals surface area contributed by atoms with Gasteiger partial charge in [-0.3, -0.25) is 9.69 Å². The predicted molar refractivity (Wildman–Crippen MR) is 79.8 cm³/mol. The summed E-state index contributed by atoms with van der Waals surface area (Å²) in [6.45, 7) is 12.9. The van der Waals surface area contributed by atoms with E-state index in [1.807, 2.05) is 13.8 Å². The molecule has 0 aliphatic carbocycles. The first-order valence-corrected chi connectivity index (χ1v) is 7.55. The van der Waals surface area contributed by atoms with Crippen LogP contribution in [-0.4, -0.2) is 61.4 Å².